The van der Waals surface area contributed by atoms with Gasteiger partial charge >= 0.3 is 0 Å². The summed E-state index contributed by atoms with van der Waals surface area (Å²) in [6.07, 6.45) is 3.44. The Hall–Kier alpha value is -3.55. The van der Waals surface area contributed by atoms with Crippen LogP contribution in [-0.2, 0) is 0 Å². The van der Waals surface area contributed by atoms with E-state index in [0.29, 0.717) is 23.1 Å². The van der Waals surface area contributed by atoms with Gasteiger partial charge in [-0.3, -0.25) is 15.1 Å². The molecule has 0 saturated carbocycles. The molecule has 0 amide bonds. The van der Waals surface area contributed by atoms with E-state index in [9.17, 15) is 10.1 Å². The number of hydrogen-bond donors (Lipinski definition) is 2. The number of hydrogen-bond acceptors (Lipinski definition) is 7. The molecular formula is C19H20N6O2. The number of nitro benzene ring substituents is 1. The van der Waals surface area contributed by atoms with Gasteiger partial charge in [0.2, 0.25) is 5.95 Å². The summed E-state index contributed by atoms with van der Waals surface area (Å²) in [6.45, 7) is 6.07. The van der Waals surface area contributed by atoms with Gasteiger partial charge in [0.05, 0.1) is 10.6 Å². The SMILES string of the molecule is CC(C)(C)Nc1nc(Nc2ccc([N+](=O)[O-])cc2)cc(-c2cccnc2)n1. The Labute approximate surface area is 156 Å². The van der Waals surface area contributed by atoms with E-state index in [-0.39, 0.29) is 11.2 Å². The molecule has 0 unspecified atom stereocenters. The van der Waals surface area contributed by atoms with Crippen LogP contribution in [0.4, 0.5) is 23.1 Å². The summed E-state index contributed by atoms with van der Waals surface area (Å²) in [5.41, 5.74) is 2.10. The molecule has 0 bridgehead atoms. The molecule has 0 spiro atoms. The molecule has 8 nitrogen and oxygen atoms in total. The topological polar surface area (TPSA) is 106 Å². The van der Waals surface area contributed by atoms with E-state index in [1.807, 2.05) is 39.0 Å². The number of aromatic nitrogens is 3. The number of non-ortho nitro benzene ring substituents is 1. The zero-order chi connectivity index (χ0) is 19.4. The lowest BCUT2D eigenvalue weighted by Gasteiger charge is -2.21. The largest absolute Gasteiger partial charge is 0.350 e. The van der Waals surface area contributed by atoms with Gasteiger partial charge < -0.3 is 10.6 Å². The fourth-order valence-corrected chi connectivity index (χ4v) is 2.38. The summed E-state index contributed by atoms with van der Waals surface area (Å²) in [5, 5.41) is 17.2. The van der Waals surface area contributed by atoms with Crippen molar-refractivity contribution in [3.05, 3.63) is 65.0 Å². The third-order valence-electron chi connectivity index (χ3n) is 3.52. The average molecular weight is 364 g/mol. The van der Waals surface area contributed by atoms with E-state index in [1.54, 1.807) is 24.5 Å². The number of nitrogens with one attached hydrogen (secondary N) is 2. The predicted octanol–water partition coefficient (Wildman–Crippen LogP) is 4.40. The number of anilines is 3. The summed E-state index contributed by atoms with van der Waals surface area (Å²) < 4.78 is 0. The summed E-state index contributed by atoms with van der Waals surface area (Å²) >= 11 is 0. The first-order chi connectivity index (χ1) is 12.8. The number of pyridine rings is 1. The summed E-state index contributed by atoms with van der Waals surface area (Å²) in [7, 11) is 0. The number of nitro groups is 1. The highest BCUT2D eigenvalue weighted by Crippen LogP contribution is 2.25. The Bertz CT molecular complexity index is 937. The van der Waals surface area contributed by atoms with Crippen LogP contribution in [0.15, 0.2) is 54.9 Å². The van der Waals surface area contributed by atoms with Gasteiger partial charge in [-0.25, -0.2) is 4.98 Å². The van der Waals surface area contributed by atoms with Crippen molar-refractivity contribution in [3.8, 4) is 11.3 Å². The highest BCUT2D eigenvalue weighted by Gasteiger charge is 2.14. The van der Waals surface area contributed by atoms with Crippen LogP contribution in [-0.4, -0.2) is 25.4 Å². The molecule has 2 N–H and O–H groups in total. The Kier molecular flexibility index (Phi) is 4.98. The van der Waals surface area contributed by atoms with Crippen LogP contribution in [0.5, 0.6) is 0 Å². The first kappa shape index (κ1) is 18.2. The van der Waals surface area contributed by atoms with E-state index in [1.165, 1.54) is 12.1 Å². The molecule has 2 aromatic heterocycles. The van der Waals surface area contributed by atoms with Crippen molar-refractivity contribution in [2.24, 2.45) is 0 Å². The quantitative estimate of drug-likeness (QED) is 0.510. The van der Waals surface area contributed by atoms with Crippen molar-refractivity contribution in [2.45, 2.75) is 26.3 Å². The van der Waals surface area contributed by atoms with Crippen molar-refractivity contribution in [2.75, 3.05) is 10.6 Å². The fraction of sp³-hybridized carbons (Fsp3) is 0.211. The number of benzene rings is 1. The van der Waals surface area contributed by atoms with Gasteiger partial charge in [0.25, 0.3) is 5.69 Å². The van der Waals surface area contributed by atoms with Crippen LogP contribution >= 0.6 is 0 Å². The monoisotopic (exact) mass is 364 g/mol. The molecule has 3 rings (SSSR count). The summed E-state index contributed by atoms with van der Waals surface area (Å²) in [6, 6.07) is 11.7. The van der Waals surface area contributed by atoms with Crippen LogP contribution in [0, 0.1) is 10.1 Å². The standard InChI is InChI=1S/C19H20N6O2/c1-19(2,3)24-18-22-16(13-5-4-10-20-12-13)11-17(23-18)21-14-6-8-15(9-7-14)25(26)27/h4-12H,1-3H3,(H2,21,22,23,24). The minimum Gasteiger partial charge on any atom is -0.350 e. The van der Waals surface area contributed by atoms with Gasteiger partial charge in [0.15, 0.2) is 0 Å². The molecule has 2 heterocycles. The van der Waals surface area contributed by atoms with Gasteiger partial charge in [0, 0.05) is 47.4 Å². The minimum absolute atomic E-state index is 0.0365. The molecule has 27 heavy (non-hydrogen) atoms. The Balaban J connectivity index is 1.95. The Morgan fingerprint density at radius 2 is 1.81 bits per heavy atom. The molecule has 0 aliphatic heterocycles. The van der Waals surface area contributed by atoms with Crippen molar-refractivity contribution >= 4 is 23.1 Å². The molecule has 0 saturated heterocycles. The van der Waals surface area contributed by atoms with Crippen LogP contribution in [0.3, 0.4) is 0 Å². The lowest BCUT2D eigenvalue weighted by atomic mass is 10.1. The first-order valence-corrected chi connectivity index (χ1v) is 8.39. The van der Waals surface area contributed by atoms with Gasteiger partial charge in [0.1, 0.15) is 5.82 Å². The normalized spacial score (nSPS) is 11.1. The van der Waals surface area contributed by atoms with Crippen LogP contribution in [0.25, 0.3) is 11.3 Å². The molecule has 0 aliphatic rings. The van der Waals surface area contributed by atoms with Gasteiger partial charge in [-0.2, -0.15) is 4.98 Å². The van der Waals surface area contributed by atoms with E-state index < -0.39 is 4.92 Å². The molecule has 0 atom stereocenters. The van der Waals surface area contributed by atoms with Crippen LogP contribution < -0.4 is 10.6 Å². The molecule has 3 aromatic rings. The predicted molar refractivity (Wildman–Crippen MR) is 105 cm³/mol. The van der Waals surface area contributed by atoms with Gasteiger partial charge in [-0.15, -0.1) is 0 Å². The van der Waals surface area contributed by atoms with Crippen LogP contribution in [0.2, 0.25) is 0 Å². The van der Waals surface area contributed by atoms with E-state index in [4.69, 9.17) is 0 Å². The Morgan fingerprint density at radius 3 is 2.41 bits per heavy atom. The molecule has 8 heteroatoms. The summed E-state index contributed by atoms with van der Waals surface area (Å²) in [4.78, 5) is 23.6. The number of nitrogens with zero attached hydrogens (tertiary/aromatic N) is 4. The van der Waals surface area contributed by atoms with Crippen molar-refractivity contribution in [1.82, 2.24) is 15.0 Å². The maximum Gasteiger partial charge on any atom is 0.269 e. The van der Waals surface area contributed by atoms with E-state index >= 15 is 0 Å². The molecule has 0 fully saturated rings. The zero-order valence-corrected chi connectivity index (χ0v) is 15.3. The maximum absolute atomic E-state index is 10.8. The fourth-order valence-electron chi connectivity index (χ4n) is 2.38. The van der Waals surface area contributed by atoms with E-state index in [2.05, 4.69) is 25.6 Å². The van der Waals surface area contributed by atoms with E-state index in [0.717, 1.165) is 5.56 Å². The van der Waals surface area contributed by atoms with Gasteiger partial charge in [-0.05, 0) is 45.0 Å². The van der Waals surface area contributed by atoms with Gasteiger partial charge in [-0.1, -0.05) is 0 Å². The summed E-state index contributed by atoms with van der Waals surface area (Å²) in [5.74, 6) is 1.05. The third kappa shape index (κ3) is 4.97. The highest BCUT2D eigenvalue weighted by molar-refractivity contribution is 5.67. The minimum atomic E-state index is -0.430. The van der Waals surface area contributed by atoms with Crippen molar-refractivity contribution in [3.63, 3.8) is 0 Å². The average Bonchev–Trinajstić information content (AvgIpc) is 2.61. The smallest absolute Gasteiger partial charge is 0.269 e. The molecule has 138 valence electrons. The second-order valence-corrected chi connectivity index (χ2v) is 7.01. The maximum atomic E-state index is 10.8. The zero-order valence-electron chi connectivity index (χ0n) is 15.3. The molecular weight excluding hydrogens is 344 g/mol. The lowest BCUT2D eigenvalue weighted by Crippen LogP contribution is -2.27. The second-order valence-electron chi connectivity index (χ2n) is 7.01. The van der Waals surface area contributed by atoms with Crippen molar-refractivity contribution < 1.29 is 4.92 Å². The van der Waals surface area contributed by atoms with Crippen molar-refractivity contribution in [1.29, 1.82) is 0 Å². The second kappa shape index (κ2) is 7.36. The lowest BCUT2D eigenvalue weighted by molar-refractivity contribution is -0.384. The number of rotatable bonds is 5. The first-order valence-electron chi connectivity index (χ1n) is 8.39. The van der Waals surface area contributed by atoms with Crippen LogP contribution in [0.1, 0.15) is 20.8 Å². The molecule has 0 aliphatic carbocycles. The molecule has 0 radical (unpaired) electrons. The Morgan fingerprint density at radius 1 is 1.07 bits per heavy atom. The highest BCUT2D eigenvalue weighted by atomic mass is 16.6. The molecule has 1 aromatic carbocycles. The third-order valence-corrected chi connectivity index (χ3v) is 3.52.